The van der Waals surface area contributed by atoms with Gasteiger partial charge in [-0.2, -0.15) is 5.26 Å². The molecule has 0 spiro atoms. The molecule has 9 heteroatoms. The zero-order chi connectivity index (χ0) is 13.2. The number of nitrogens with two attached hydrogens (primary N) is 1. The summed E-state index contributed by atoms with van der Waals surface area (Å²) >= 11 is 0. The molecule has 0 atom stereocenters. The number of nitrogen functional groups attached to an aromatic ring is 1. The Bertz CT molecular complexity index is 736. The van der Waals surface area contributed by atoms with Crippen LogP contribution in [0.15, 0.2) is 31.4 Å². The third kappa shape index (κ3) is 1.77. The largest absolute Gasteiger partial charge is 0.397 e. The van der Waals surface area contributed by atoms with E-state index in [1.54, 1.807) is 10.6 Å². The molecule has 0 amide bonds. The first-order chi connectivity index (χ1) is 9.29. The number of pyridine rings is 1. The number of nitrogens with zero attached hydrogens (tertiary/aromatic N) is 8. The number of anilines is 1. The van der Waals surface area contributed by atoms with E-state index in [0.29, 0.717) is 17.3 Å². The summed E-state index contributed by atoms with van der Waals surface area (Å²) in [6.07, 6.45) is 5.87. The summed E-state index contributed by atoms with van der Waals surface area (Å²) in [5.41, 5.74) is 6.44. The lowest BCUT2D eigenvalue weighted by Crippen LogP contribution is -2.07. The molecule has 2 N–H and O–H groups in total. The van der Waals surface area contributed by atoms with Gasteiger partial charge in [-0.15, -0.1) is 20.4 Å². The number of hydrogen-bond donors (Lipinski definition) is 1. The van der Waals surface area contributed by atoms with Crippen LogP contribution in [0.25, 0.3) is 11.6 Å². The van der Waals surface area contributed by atoms with Crippen LogP contribution in [0.5, 0.6) is 0 Å². The van der Waals surface area contributed by atoms with Gasteiger partial charge in [-0.05, 0) is 0 Å². The minimum Gasteiger partial charge on any atom is -0.397 e. The standard InChI is InChI=1S/C10H7N9/c11-2-7-8(12)1-9(18-3-13-14-4-18)17-10(7)19-5-15-16-6-19/h1,3-6H,(H2,12,17). The summed E-state index contributed by atoms with van der Waals surface area (Å²) in [7, 11) is 0. The number of rotatable bonds is 2. The Morgan fingerprint density at radius 1 is 1.00 bits per heavy atom. The highest BCUT2D eigenvalue weighted by Crippen LogP contribution is 2.20. The molecule has 0 unspecified atom stereocenters. The van der Waals surface area contributed by atoms with E-state index in [4.69, 9.17) is 11.0 Å². The average Bonchev–Trinajstić information content (AvgIpc) is 3.11. The smallest absolute Gasteiger partial charge is 0.161 e. The van der Waals surface area contributed by atoms with E-state index in [9.17, 15) is 0 Å². The molecule has 3 aromatic rings. The highest BCUT2D eigenvalue weighted by Gasteiger charge is 2.13. The zero-order valence-corrected chi connectivity index (χ0v) is 9.54. The van der Waals surface area contributed by atoms with Gasteiger partial charge in [0.05, 0.1) is 5.69 Å². The van der Waals surface area contributed by atoms with Gasteiger partial charge in [-0.1, -0.05) is 0 Å². The van der Waals surface area contributed by atoms with Crippen LogP contribution in [-0.2, 0) is 0 Å². The highest BCUT2D eigenvalue weighted by atomic mass is 15.3. The molecule has 3 aromatic heterocycles. The van der Waals surface area contributed by atoms with Gasteiger partial charge in [0, 0.05) is 6.07 Å². The number of nitriles is 1. The predicted octanol–water partition coefficient (Wildman–Crippen LogP) is -0.303. The summed E-state index contributed by atoms with van der Waals surface area (Å²) in [6, 6.07) is 3.60. The molecule has 3 rings (SSSR count). The molecule has 19 heavy (non-hydrogen) atoms. The Kier molecular flexibility index (Phi) is 2.39. The van der Waals surface area contributed by atoms with Crippen LogP contribution in [0.1, 0.15) is 5.56 Å². The van der Waals surface area contributed by atoms with Gasteiger partial charge in [-0.3, -0.25) is 9.13 Å². The second-order valence-corrected chi connectivity index (χ2v) is 3.62. The second kappa shape index (κ2) is 4.19. The second-order valence-electron chi connectivity index (χ2n) is 3.62. The van der Waals surface area contributed by atoms with Gasteiger partial charge in [0.1, 0.15) is 42.8 Å². The fraction of sp³-hybridized carbons (Fsp3) is 0. The van der Waals surface area contributed by atoms with Gasteiger partial charge in [0.25, 0.3) is 0 Å². The Morgan fingerprint density at radius 2 is 1.58 bits per heavy atom. The predicted molar refractivity (Wildman–Crippen MR) is 63.2 cm³/mol. The quantitative estimate of drug-likeness (QED) is 0.664. The molecular formula is C10H7N9. The van der Waals surface area contributed by atoms with Crippen LogP contribution >= 0.6 is 0 Å². The van der Waals surface area contributed by atoms with Crippen LogP contribution in [0.2, 0.25) is 0 Å². The van der Waals surface area contributed by atoms with Gasteiger partial charge >= 0.3 is 0 Å². The van der Waals surface area contributed by atoms with Gasteiger partial charge < -0.3 is 5.73 Å². The normalized spacial score (nSPS) is 10.3. The fourth-order valence-electron chi connectivity index (χ4n) is 1.60. The molecule has 0 bridgehead atoms. The lowest BCUT2D eigenvalue weighted by atomic mass is 10.2. The van der Waals surface area contributed by atoms with Crippen molar-refractivity contribution in [2.45, 2.75) is 0 Å². The summed E-state index contributed by atoms with van der Waals surface area (Å²) in [5, 5.41) is 23.9. The SMILES string of the molecule is N#Cc1c(N)cc(-n2cnnc2)nc1-n1cnnc1. The van der Waals surface area contributed by atoms with Gasteiger partial charge in [-0.25, -0.2) is 4.98 Å². The lowest BCUT2D eigenvalue weighted by Gasteiger charge is -2.09. The van der Waals surface area contributed by atoms with E-state index in [1.165, 1.54) is 29.9 Å². The van der Waals surface area contributed by atoms with E-state index in [1.807, 2.05) is 6.07 Å². The highest BCUT2D eigenvalue weighted by molar-refractivity contribution is 5.63. The van der Waals surface area contributed by atoms with Crippen LogP contribution in [-0.4, -0.2) is 34.5 Å². The van der Waals surface area contributed by atoms with Crippen molar-refractivity contribution in [2.24, 2.45) is 0 Å². The molecule has 0 aromatic carbocycles. The van der Waals surface area contributed by atoms with Crippen molar-refractivity contribution in [1.29, 1.82) is 5.26 Å². The number of aromatic nitrogens is 7. The lowest BCUT2D eigenvalue weighted by molar-refractivity contribution is 0.928. The minimum atomic E-state index is 0.261. The molecule has 0 aliphatic carbocycles. The Balaban J connectivity index is 2.25. The average molecular weight is 253 g/mol. The maximum absolute atomic E-state index is 9.16. The van der Waals surface area contributed by atoms with Crippen molar-refractivity contribution < 1.29 is 0 Å². The molecular weight excluding hydrogens is 246 g/mol. The van der Waals surface area contributed by atoms with Gasteiger partial charge in [0.2, 0.25) is 0 Å². The first-order valence-corrected chi connectivity index (χ1v) is 5.20. The monoisotopic (exact) mass is 253 g/mol. The molecule has 0 saturated carbocycles. The molecule has 0 radical (unpaired) electrons. The third-order valence-electron chi connectivity index (χ3n) is 2.48. The van der Waals surface area contributed by atoms with E-state index in [-0.39, 0.29) is 5.56 Å². The van der Waals surface area contributed by atoms with Crippen molar-refractivity contribution >= 4 is 5.69 Å². The molecule has 0 saturated heterocycles. The van der Waals surface area contributed by atoms with Crippen LogP contribution in [0.3, 0.4) is 0 Å². The summed E-state index contributed by atoms with van der Waals surface area (Å²) in [4.78, 5) is 4.35. The van der Waals surface area contributed by atoms with E-state index in [2.05, 4.69) is 25.4 Å². The van der Waals surface area contributed by atoms with E-state index >= 15 is 0 Å². The molecule has 0 aliphatic rings. The summed E-state index contributed by atoms with van der Waals surface area (Å²) in [6.45, 7) is 0. The molecule has 92 valence electrons. The molecule has 3 heterocycles. The third-order valence-corrected chi connectivity index (χ3v) is 2.48. The van der Waals surface area contributed by atoms with Crippen molar-refractivity contribution in [3.63, 3.8) is 0 Å². The topological polar surface area (TPSA) is 124 Å². The minimum absolute atomic E-state index is 0.261. The van der Waals surface area contributed by atoms with Crippen LogP contribution in [0, 0.1) is 11.3 Å². The van der Waals surface area contributed by atoms with Gasteiger partial charge in [0.15, 0.2) is 5.82 Å². The summed E-state index contributed by atoms with van der Waals surface area (Å²) < 4.78 is 3.11. The first-order valence-electron chi connectivity index (χ1n) is 5.20. The van der Waals surface area contributed by atoms with Crippen LogP contribution < -0.4 is 5.73 Å². The van der Waals surface area contributed by atoms with E-state index in [0.717, 1.165) is 0 Å². The Morgan fingerprint density at radius 3 is 2.16 bits per heavy atom. The molecule has 0 aliphatic heterocycles. The number of hydrogen-bond acceptors (Lipinski definition) is 7. The van der Waals surface area contributed by atoms with Crippen molar-refractivity contribution in [3.05, 3.63) is 36.9 Å². The molecule has 9 nitrogen and oxygen atoms in total. The van der Waals surface area contributed by atoms with Crippen molar-refractivity contribution in [2.75, 3.05) is 5.73 Å². The zero-order valence-electron chi connectivity index (χ0n) is 9.54. The first kappa shape index (κ1) is 10.8. The maximum Gasteiger partial charge on any atom is 0.161 e. The van der Waals surface area contributed by atoms with Crippen LogP contribution in [0.4, 0.5) is 5.69 Å². The Hall–Kier alpha value is -3.28. The fourth-order valence-corrected chi connectivity index (χ4v) is 1.60. The summed E-state index contributed by atoms with van der Waals surface area (Å²) in [5.74, 6) is 0.862. The Labute approximate surface area is 107 Å². The van der Waals surface area contributed by atoms with Crippen molar-refractivity contribution in [1.82, 2.24) is 34.5 Å². The van der Waals surface area contributed by atoms with E-state index < -0.39 is 0 Å². The van der Waals surface area contributed by atoms with Crippen molar-refractivity contribution in [3.8, 4) is 17.7 Å². The maximum atomic E-state index is 9.16. The molecule has 0 fully saturated rings.